The lowest BCUT2D eigenvalue weighted by atomic mass is 10.2. The minimum atomic E-state index is -0.0397. The van der Waals surface area contributed by atoms with Crippen LogP contribution in [-0.2, 0) is 0 Å². The number of hydrogen-bond acceptors (Lipinski definition) is 3. The molecule has 1 aromatic heterocycles. The van der Waals surface area contributed by atoms with Crippen molar-refractivity contribution < 1.29 is 4.79 Å². The van der Waals surface area contributed by atoms with Crippen molar-refractivity contribution in [2.45, 2.75) is 26.3 Å². The number of hydrogen-bond donors (Lipinski definition) is 2. The van der Waals surface area contributed by atoms with Crippen LogP contribution < -0.4 is 5.32 Å². The third kappa shape index (κ3) is 3.27. The van der Waals surface area contributed by atoms with Crippen LogP contribution in [-0.4, -0.2) is 34.2 Å². The largest absolute Gasteiger partial charge is 0.348 e. The number of thioether (sulfide) groups is 1. The lowest BCUT2D eigenvalue weighted by Gasteiger charge is -2.15. The predicted molar refractivity (Wildman–Crippen MR) is 63.3 cm³/mol. The van der Waals surface area contributed by atoms with Crippen LogP contribution in [0.2, 0.25) is 0 Å². The van der Waals surface area contributed by atoms with Crippen molar-refractivity contribution in [3.05, 3.63) is 17.5 Å². The third-order valence-corrected chi connectivity index (χ3v) is 3.01. The van der Waals surface area contributed by atoms with E-state index in [1.165, 1.54) is 0 Å². The van der Waals surface area contributed by atoms with Crippen LogP contribution in [0.1, 0.15) is 29.4 Å². The first-order valence-electron chi connectivity index (χ1n) is 4.98. The molecule has 0 radical (unpaired) electrons. The summed E-state index contributed by atoms with van der Waals surface area (Å²) in [6.45, 7) is 3.92. The van der Waals surface area contributed by atoms with Gasteiger partial charge in [0.2, 0.25) is 0 Å². The van der Waals surface area contributed by atoms with Gasteiger partial charge in [0.1, 0.15) is 0 Å². The van der Waals surface area contributed by atoms with Gasteiger partial charge in [0.05, 0.1) is 11.8 Å². The summed E-state index contributed by atoms with van der Waals surface area (Å²) in [5.74, 6) is 0.904. The number of H-pyrrole nitrogens is 1. The minimum absolute atomic E-state index is 0.0397. The Morgan fingerprint density at radius 1 is 1.73 bits per heavy atom. The summed E-state index contributed by atoms with van der Waals surface area (Å²) in [5.41, 5.74) is 1.45. The highest BCUT2D eigenvalue weighted by Crippen LogP contribution is 2.06. The molecule has 1 rings (SSSR count). The minimum Gasteiger partial charge on any atom is -0.348 e. The zero-order valence-corrected chi connectivity index (χ0v) is 10.1. The average Bonchev–Trinajstić information content (AvgIpc) is 2.63. The first-order chi connectivity index (χ1) is 7.19. The number of carbonyl (C=O) groups is 1. The Hall–Kier alpha value is -0.970. The second-order valence-electron chi connectivity index (χ2n) is 3.44. The number of nitrogens with one attached hydrogen (secondary N) is 2. The van der Waals surface area contributed by atoms with Crippen molar-refractivity contribution in [3.8, 4) is 0 Å². The smallest absolute Gasteiger partial charge is 0.254 e. The number of rotatable bonds is 5. The second-order valence-corrected chi connectivity index (χ2v) is 4.35. The Kier molecular flexibility index (Phi) is 4.68. The summed E-state index contributed by atoms with van der Waals surface area (Å²) >= 11 is 1.74. The molecule has 1 heterocycles. The summed E-state index contributed by atoms with van der Waals surface area (Å²) in [4.78, 5) is 11.8. The highest BCUT2D eigenvalue weighted by molar-refractivity contribution is 7.98. The van der Waals surface area contributed by atoms with Crippen molar-refractivity contribution in [1.82, 2.24) is 15.5 Å². The molecule has 15 heavy (non-hydrogen) atoms. The lowest BCUT2D eigenvalue weighted by molar-refractivity contribution is 0.0939. The first kappa shape index (κ1) is 12.1. The average molecular weight is 227 g/mol. The summed E-state index contributed by atoms with van der Waals surface area (Å²) in [6.07, 6.45) is 4.55. The third-order valence-electron chi connectivity index (χ3n) is 2.27. The Balaban J connectivity index is 2.58. The van der Waals surface area contributed by atoms with E-state index in [4.69, 9.17) is 0 Å². The van der Waals surface area contributed by atoms with Gasteiger partial charge in [-0.05, 0) is 19.6 Å². The molecular weight excluding hydrogens is 210 g/mol. The molecule has 0 fully saturated rings. The van der Waals surface area contributed by atoms with Crippen LogP contribution in [0.15, 0.2) is 6.20 Å². The molecule has 0 aliphatic heterocycles. The molecule has 0 spiro atoms. The quantitative estimate of drug-likeness (QED) is 0.803. The van der Waals surface area contributed by atoms with Gasteiger partial charge in [-0.1, -0.05) is 6.92 Å². The summed E-state index contributed by atoms with van der Waals surface area (Å²) in [6, 6.07) is 0.238. The maximum Gasteiger partial charge on any atom is 0.254 e. The second kappa shape index (κ2) is 5.80. The van der Waals surface area contributed by atoms with Crippen LogP contribution in [0.25, 0.3) is 0 Å². The van der Waals surface area contributed by atoms with Crippen LogP contribution in [0.4, 0.5) is 0 Å². The van der Waals surface area contributed by atoms with E-state index in [2.05, 4.69) is 22.4 Å². The van der Waals surface area contributed by atoms with E-state index in [1.54, 1.807) is 18.0 Å². The van der Waals surface area contributed by atoms with Crippen LogP contribution >= 0.6 is 11.8 Å². The molecule has 5 heteroatoms. The van der Waals surface area contributed by atoms with Crippen molar-refractivity contribution in [1.29, 1.82) is 0 Å². The molecule has 1 amide bonds. The van der Waals surface area contributed by atoms with Gasteiger partial charge in [-0.2, -0.15) is 16.9 Å². The van der Waals surface area contributed by atoms with Gasteiger partial charge < -0.3 is 5.32 Å². The van der Waals surface area contributed by atoms with Crippen LogP contribution in [0, 0.1) is 6.92 Å². The predicted octanol–water partition coefficient (Wildman–Crippen LogP) is 1.59. The first-order valence-corrected chi connectivity index (χ1v) is 6.38. The number of aryl methyl sites for hydroxylation is 1. The molecule has 4 nitrogen and oxygen atoms in total. The Morgan fingerprint density at radius 2 is 2.47 bits per heavy atom. The van der Waals surface area contributed by atoms with Gasteiger partial charge >= 0.3 is 0 Å². The van der Waals surface area contributed by atoms with Gasteiger partial charge in [0.15, 0.2) is 0 Å². The SMILES string of the molecule is CCC(CSC)NC(=O)c1cn[nH]c1C. The number of aromatic nitrogens is 2. The maximum absolute atomic E-state index is 11.8. The van der Waals surface area contributed by atoms with Gasteiger partial charge in [-0.25, -0.2) is 0 Å². The Morgan fingerprint density at radius 3 is 2.93 bits per heavy atom. The normalized spacial score (nSPS) is 12.5. The number of aromatic amines is 1. The van der Waals surface area contributed by atoms with Crippen molar-refractivity contribution >= 4 is 17.7 Å². The molecule has 0 saturated heterocycles. The van der Waals surface area contributed by atoms with Crippen LogP contribution in [0.5, 0.6) is 0 Å². The van der Waals surface area contributed by atoms with Gasteiger partial charge in [-0.3, -0.25) is 9.89 Å². The summed E-state index contributed by atoms with van der Waals surface area (Å²) in [7, 11) is 0. The van der Waals surface area contributed by atoms with Crippen molar-refractivity contribution in [2.75, 3.05) is 12.0 Å². The zero-order valence-electron chi connectivity index (χ0n) is 9.33. The van der Waals surface area contributed by atoms with E-state index in [1.807, 2.05) is 13.2 Å². The molecule has 84 valence electrons. The highest BCUT2D eigenvalue weighted by Gasteiger charge is 2.14. The molecule has 1 unspecified atom stereocenters. The zero-order chi connectivity index (χ0) is 11.3. The van der Waals surface area contributed by atoms with Crippen molar-refractivity contribution in [2.24, 2.45) is 0 Å². The lowest BCUT2D eigenvalue weighted by Crippen LogP contribution is -2.36. The van der Waals surface area contributed by atoms with Crippen LogP contribution in [0.3, 0.4) is 0 Å². The molecular formula is C10H17N3OS. The molecule has 2 N–H and O–H groups in total. The van der Waals surface area contributed by atoms with Gasteiger partial charge in [0, 0.05) is 17.5 Å². The molecule has 0 bridgehead atoms. The number of amides is 1. The molecule has 1 atom stereocenters. The van der Waals surface area contributed by atoms with E-state index < -0.39 is 0 Å². The monoisotopic (exact) mass is 227 g/mol. The Bertz CT molecular complexity index is 324. The maximum atomic E-state index is 11.8. The molecule has 0 aliphatic rings. The fourth-order valence-electron chi connectivity index (χ4n) is 1.31. The van der Waals surface area contributed by atoms with Gasteiger partial charge in [0.25, 0.3) is 5.91 Å². The Labute approximate surface area is 94.2 Å². The van der Waals surface area contributed by atoms with Crippen molar-refractivity contribution in [3.63, 3.8) is 0 Å². The summed E-state index contributed by atoms with van der Waals surface area (Å²) < 4.78 is 0. The highest BCUT2D eigenvalue weighted by atomic mass is 32.2. The van der Waals surface area contributed by atoms with E-state index in [0.29, 0.717) is 5.56 Å². The molecule has 0 aromatic carbocycles. The topological polar surface area (TPSA) is 57.8 Å². The number of nitrogens with zero attached hydrogens (tertiary/aromatic N) is 1. The molecule has 1 aromatic rings. The van der Waals surface area contributed by atoms with Gasteiger partial charge in [-0.15, -0.1) is 0 Å². The van der Waals surface area contributed by atoms with E-state index in [-0.39, 0.29) is 11.9 Å². The fourth-order valence-corrected chi connectivity index (χ4v) is 2.03. The molecule has 0 aliphatic carbocycles. The fraction of sp³-hybridized carbons (Fsp3) is 0.600. The number of carbonyl (C=O) groups excluding carboxylic acids is 1. The van der Waals surface area contributed by atoms with E-state index in [9.17, 15) is 4.79 Å². The molecule has 0 saturated carbocycles. The van der Waals surface area contributed by atoms with E-state index in [0.717, 1.165) is 17.9 Å². The summed E-state index contributed by atoms with van der Waals surface area (Å²) in [5, 5.41) is 9.58. The standard InChI is InChI=1S/C10H17N3OS/c1-4-8(6-15-3)12-10(14)9-5-11-13-7(9)2/h5,8H,4,6H2,1-3H3,(H,11,13)(H,12,14). The van der Waals surface area contributed by atoms with E-state index >= 15 is 0 Å².